The minimum atomic E-state index is 0.819. The van der Waals surface area contributed by atoms with Crippen LogP contribution in [0.1, 0.15) is 11.3 Å². The van der Waals surface area contributed by atoms with Crippen LogP contribution in [-0.4, -0.2) is 30.2 Å². The summed E-state index contributed by atoms with van der Waals surface area (Å²) < 4.78 is 1.85. The lowest BCUT2D eigenvalue weighted by molar-refractivity contribution is 0.771. The average Bonchev–Trinajstić information content (AvgIpc) is 3.29. The fourth-order valence-corrected chi connectivity index (χ4v) is 3.33. The van der Waals surface area contributed by atoms with Crippen LogP contribution < -0.4 is 0 Å². The highest BCUT2D eigenvalue weighted by molar-refractivity contribution is 5.83. The minimum Gasteiger partial charge on any atom is -0.275 e. The lowest BCUT2D eigenvalue weighted by Crippen LogP contribution is -1.88. The van der Waals surface area contributed by atoms with Gasteiger partial charge in [0.15, 0.2) is 0 Å². The van der Waals surface area contributed by atoms with Crippen molar-refractivity contribution in [3.63, 3.8) is 0 Å². The molecule has 1 aliphatic carbocycles. The average molecular weight is 314 g/mol. The molecule has 1 N–H and O–H groups in total. The number of hydrogen-bond donors (Lipinski definition) is 1. The Morgan fingerprint density at radius 3 is 2.71 bits per heavy atom. The van der Waals surface area contributed by atoms with Gasteiger partial charge in [-0.25, -0.2) is 0 Å². The lowest BCUT2D eigenvalue weighted by Gasteiger charge is -2.06. The summed E-state index contributed by atoms with van der Waals surface area (Å²) >= 11 is 0. The van der Waals surface area contributed by atoms with Gasteiger partial charge in [0.1, 0.15) is 11.4 Å². The van der Waals surface area contributed by atoms with Crippen LogP contribution in [0.4, 0.5) is 0 Å². The molecule has 5 rings (SSSR count). The smallest absolute Gasteiger partial charge is 0.116 e. The highest BCUT2D eigenvalue weighted by Crippen LogP contribution is 2.38. The number of aryl methyl sites for hydroxylation is 1. The first-order chi connectivity index (χ1) is 11.8. The highest BCUT2D eigenvalue weighted by Gasteiger charge is 2.23. The van der Waals surface area contributed by atoms with Crippen LogP contribution in [0.5, 0.6) is 0 Å². The van der Waals surface area contributed by atoms with Crippen molar-refractivity contribution >= 4 is 0 Å². The van der Waals surface area contributed by atoms with Crippen molar-refractivity contribution in [2.75, 3.05) is 0 Å². The monoisotopic (exact) mass is 314 g/mol. The Morgan fingerprint density at radius 2 is 1.83 bits per heavy atom. The van der Waals surface area contributed by atoms with E-state index in [1.165, 1.54) is 5.56 Å². The second kappa shape index (κ2) is 4.86. The number of pyridine rings is 1. The molecule has 3 heterocycles. The van der Waals surface area contributed by atoms with Crippen LogP contribution in [0.25, 0.3) is 33.6 Å². The quantitative estimate of drug-likeness (QED) is 0.544. The van der Waals surface area contributed by atoms with Crippen LogP contribution in [0.15, 0.2) is 48.9 Å². The highest BCUT2D eigenvalue weighted by atomic mass is 15.3. The summed E-state index contributed by atoms with van der Waals surface area (Å²) in [5, 5.41) is 15.8. The predicted molar refractivity (Wildman–Crippen MR) is 90.1 cm³/mol. The number of H-pyrrole nitrogens is 1. The van der Waals surface area contributed by atoms with Gasteiger partial charge in [0, 0.05) is 48.7 Å². The minimum absolute atomic E-state index is 0.819. The van der Waals surface area contributed by atoms with Crippen LogP contribution in [0, 0.1) is 0 Å². The number of benzene rings is 1. The molecule has 0 aliphatic heterocycles. The van der Waals surface area contributed by atoms with Gasteiger partial charge in [-0.15, -0.1) is 0 Å². The molecule has 0 atom stereocenters. The zero-order valence-corrected chi connectivity index (χ0v) is 13.1. The number of fused-ring (bicyclic) bond motifs is 3. The summed E-state index contributed by atoms with van der Waals surface area (Å²) in [6, 6.07) is 10.4. The number of hydrogen-bond acceptors (Lipinski definition) is 4. The van der Waals surface area contributed by atoms with Crippen molar-refractivity contribution in [3.8, 4) is 33.6 Å². The van der Waals surface area contributed by atoms with E-state index in [4.69, 9.17) is 0 Å². The van der Waals surface area contributed by atoms with Gasteiger partial charge in [0.25, 0.3) is 0 Å². The van der Waals surface area contributed by atoms with Gasteiger partial charge in [-0.2, -0.15) is 20.5 Å². The normalized spacial score (nSPS) is 12.2. The van der Waals surface area contributed by atoms with Crippen molar-refractivity contribution in [1.82, 2.24) is 30.2 Å². The maximum atomic E-state index is 4.64. The molecule has 3 aromatic heterocycles. The Hall–Kier alpha value is -3.28. The predicted octanol–water partition coefficient (Wildman–Crippen LogP) is 2.84. The Labute approximate surface area is 138 Å². The Balaban J connectivity index is 1.64. The SMILES string of the molecule is Cn1cc(-c2ccc3c(c2)Cc2n[nH]nc2-3)c(-c2ccncc2)n1. The maximum absolute atomic E-state index is 4.64. The van der Waals surface area contributed by atoms with Gasteiger partial charge in [-0.1, -0.05) is 12.1 Å². The topological polar surface area (TPSA) is 72.3 Å². The Bertz CT molecular complexity index is 1040. The van der Waals surface area contributed by atoms with Gasteiger partial charge in [0.2, 0.25) is 0 Å². The van der Waals surface area contributed by atoms with E-state index < -0.39 is 0 Å². The van der Waals surface area contributed by atoms with Crippen molar-refractivity contribution in [3.05, 3.63) is 60.2 Å². The van der Waals surface area contributed by atoms with E-state index in [-0.39, 0.29) is 0 Å². The first-order valence-electron chi connectivity index (χ1n) is 7.77. The molecule has 1 aromatic carbocycles. The Kier molecular flexibility index (Phi) is 2.67. The molecular formula is C18H14N6. The summed E-state index contributed by atoms with van der Waals surface area (Å²) in [6.45, 7) is 0. The molecule has 0 radical (unpaired) electrons. The lowest BCUT2D eigenvalue weighted by atomic mass is 9.98. The molecule has 0 saturated carbocycles. The van der Waals surface area contributed by atoms with Crippen LogP contribution >= 0.6 is 0 Å². The number of rotatable bonds is 2. The van der Waals surface area contributed by atoms with Crippen molar-refractivity contribution in [2.45, 2.75) is 6.42 Å². The molecule has 0 amide bonds. The number of aromatic nitrogens is 6. The number of aromatic amines is 1. The summed E-state index contributed by atoms with van der Waals surface area (Å²) in [4.78, 5) is 4.09. The summed E-state index contributed by atoms with van der Waals surface area (Å²) in [5.74, 6) is 0. The molecule has 6 nitrogen and oxygen atoms in total. The molecule has 24 heavy (non-hydrogen) atoms. The standard InChI is InChI=1S/C18H14N6/c1-24-10-15(17(22-24)11-4-6-19-7-5-11)12-2-3-14-13(8-12)9-16-18(14)21-23-20-16/h2-8,10H,9H2,1H3,(H,20,21,23). The zero-order chi connectivity index (χ0) is 16.1. The third-order valence-electron chi connectivity index (χ3n) is 4.43. The van der Waals surface area contributed by atoms with E-state index >= 15 is 0 Å². The molecule has 0 spiro atoms. The van der Waals surface area contributed by atoms with Crippen LogP contribution in [0.2, 0.25) is 0 Å². The summed E-state index contributed by atoms with van der Waals surface area (Å²) in [7, 11) is 1.95. The maximum Gasteiger partial charge on any atom is 0.116 e. The van der Waals surface area contributed by atoms with Gasteiger partial charge in [-0.3, -0.25) is 9.67 Å². The van der Waals surface area contributed by atoms with E-state index in [0.717, 1.165) is 45.8 Å². The molecule has 1 aliphatic rings. The molecule has 0 fully saturated rings. The summed E-state index contributed by atoms with van der Waals surface area (Å²) in [5.41, 5.74) is 8.71. The number of nitrogens with one attached hydrogen (secondary N) is 1. The fraction of sp³-hybridized carbons (Fsp3) is 0.111. The van der Waals surface area contributed by atoms with E-state index in [0.29, 0.717) is 0 Å². The second-order valence-corrected chi connectivity index (χ2v) is 5.97. The molecule has 0 saturated heterocycles. The van der Waals surface area contributed by atoms with Crippen molar-refractivity contribution in [2.24, 2.45) is 7.05 Å². The molecular weight excluding hydrogens is 300 g/mol. The van der Waals surface area contributed by atoms with E-state index in [9.17, 15) is 0 Å². The van der Waals surface area contributed by atoms with Gasteiger partial charge in [0.05, 0.1) is 5.69 Å². The van der Waals surface area contributed by atoms with E-state index in [1.54, 1.807) is 12.4 Å². The van der Waals surface area contributed by atoms with Gasteiger partial charge in [-0.05, 0) is 29.3 Å². The van der Waals surface area contributed by atoms with Crippen LogP contribution in [0.3, 0.4) is 0 Å². The van der Waals surface area contributed by atoms with Crippen molar-refractivity contribution in [1.29, 1.82) is 0 Å². The van der Waals surface area contributed by atoms with E-state index in [2.05, 4.69) is 49.9 Å². The first kappa shape index (κ1) is 13.2. The van der Waals surface area contributed by atoms with Gasteiger partial charge < -0.3 is 0 Å². The zero-order valence-electron chi connectivity index (χ0n) is 13.1. The molecule has 0 unspecified atom stereocenters. The molecule has 0 bridgehead atoms. The Morgan fingerprint density at radius 1 is 0.958 bits per heavy atom. The van der Waals surface area contributed by atoms with Crippen molar-refractivity contribution < 1.29 is 0 Å². The third-order valence-corrected chi connectivity index (χ3v) is 4.43. The largest absolute Gasteiger partial charge is 0.275 e. The molecule has 116 valence electrons. The fourth-order valence-electron chi connectivity index (χ4n) is 3.33. The second-order valence-electron chi connectivity index (χ2n) is 5.97. The van der Waals surface area contributed by atoms with E-state index in [1.807, 2.05) is 23.9 Å². The number of nitrogens with zero attached hydrogens (tertiary/aromatic N) is 5. The first-order valence-corrected chi connectivity index (χ1v) is 7.77. The van der Waals surface area contributed by atoms with Crippen LogP contribution in [-0.2, 0) is 13.5 Å². The molecule has 4 aromatic rings. The van der Waals surface area contributed by atoms with Gasteiger partial charge >= 0.3 is 0 Å². The summed E-state index contributed by atoms with van der Waals surface area (Å²) in [6.07, 6.45) is 6.46. The molecule has 6 heteroatoms. The third kappa shape index (κ3) is 1.89.